The first kappa shape index (κ1) is 21.2. The van der Waals surface area contributed by atoms with Crippen LogP contribution in [0.4, 0.5) is 16.2 Å². The summed E-state index contributed by atoms with van der Waals surface area (Å²) >= 11 is 0. The second kappa shape index (κ2) is 8.38. The van der Waals surface area contributed by atoms with Crippen molar-refractivity contribution in [3.8, 4) is 11.5 Å². The fourth-order valence-corrected chi connectivity index (χ4v) is 4.52. The third kappa shape index (κ3) is 3.99. The van der Waals surface area contributed by atoms with E-state index in [9.17, 15) is 9.18 Å². The lowest BCUT2D eigenvalue weighted by atomic mass is 10.1. The Kier molecular flexibility index (Phi) is 5.39. The van der Waals surface area contributed by atoms with Crippen molar-refractivity contribution in [3.63, 3.8) is 0 Å². The van der Waals surface area contributed by atoms with E-state index in [1.165, 1.54) is 12.1 Å². The Hall–Kier alpha value is -3.62. The van der Waals surface area contributed by atoms with Gasteiger partial charge in [0.05, 0.1) is 19.7 Å². The Labute approximate surface area is 191 Å². The average Bonchev–Trinajstić information content (AvgIpc) is 3.64. The average molecular weight is 452 g/mol. The Balaban J connectivity index is 1.26. The summed E-state index contributed by atoms with van der Waals surface area (Å²) < 4.78 is 23.9. The summed E-state index contributed by atoms with van der Waals surface area (Å²) in [5, 5.41) is 0.700. The molecule has 0 radical (unpaired) electrons. The van der Waals surface area contributed by atoms with Gasteiger partial charge in [0.15, 0.2) is 11.5 Å². The zero-order chi connectivity index (χ0) is 23.1. The summed E-state index contributed by atoms with van der Waals surface area (Å²) in [7, 11) is 3.14. The van der Waals surface area contributed by atoms with Gasteiger partial charge < -0.3 is 25.0 Å². The number of amides is 1. The molecule has 1 aromatic heterocycles. The molecule has 0 bridgehead atoms. The van der Waals surface area contributed by atoms with Gasteiger partial charge in [-0.1, -0.05) is 12.1 Å². The van der Waals surface area contributed by atoms with Gasteiger partial charge >= 0.3 is 0 Å². The molecule has 2 atom stereocenters. The Morgan fingerprint density at radius 1 is 1.03 bits per heavy atom. The van der Waals surface area contributed by atoms with Crippen molar-refractivity contribution in [3.05, 3.63) is 47.8 Å². The molecule has 1 saturated carbocycles. The topological polar surface area (TPSA) is 93.8 Å². The summed E-state index contributed by atoms with van der Waals surface area (Å²) in [6.45, 7) is 2.44. The van der Waals surface area contributed by atoms with Gasteiger partial charge in [-0.05, 0) is 36.1 Å². The number of piperazine rings is 1. The highest BCUT2D eigenvalue weighted by atomic mass is 19.1. The van der Waals surface area contributed by atoms with E-state index < -0.39 is 0 Å². The number of carbonyl (C=O) groups is 1. The number of nitrogens with two attached hydrogens (primary N) is 1. The molecule has 8 nitrogen and oxygen atoms in total. The molecule has 0 spiro atoms. The number of carbonyl (C=O) groups excluding carboxylic acids is 1. The minimum Gasteiger partial charge on any atom is -0.493 e. The van der Waals surface area contributed by atoms with Crippen molar-refractivity contribution in [2.75, 3.05) is 51.0 Å². The van der Waals surface area contributed by atoms with Crippen LogP contribution in [-0.2, 0) is 4.79 Å². The molecule has 3 aromatic rings. The number of nitrogens with zero attached hydrogens (tertiary/aromatic N) is 4. The number of hydrogen-bond acceptors (Lipinski definition) is 7. The molecule has 2 N–H and O–H groups in total. The number of anilines is 2. The van der Waals surface area contributed by atoms with Crippen molar-refractivity contribution in [1.82, 2.24) is 14.9 Å². The second-order valence-corrected chi connectivity index (χ2v) is 8.45. The highest BCUT2D eigenvalue weighted by molar-refractivity contribution is 5.91. The summed E-state index contributed by atoms with van der Waals surface area (Å²) in [4.78, 5) is 26.1. The monoisotopic (exact) mass is 451 g/mol. The Morgan fingerprint density at radius 3 is 2.36 bits per heavy atom. The predicted octanol–water partition coefficient (Wildman–Crippen LogP) is 2.82. The lowest BCUT2D eigenvalue weighted by Gasteiger charge is -2.35. The van der Waals surface area contributed by atoms with E-state index in [0.29, 0.717) is 60.3 Å². The van der Waals surface area contributed by atoms with Crippen LogP contribution >= 0.6 is 0 Å². The van der Waals surface area contributed by atoms with Crippen LogP contribution in [0, 0.1) is 11.7 Å². The van der Waals surface area contributed by atoms with Gasteiger partial charge in [0, 0.05) is 43.5 Å². The van der Waals surface area contributed by atoms with E-state index in [2.05, 4.69) is 9.97 Å². The van der Waals surface area contributed by atoms with E-state index in [0.717, 1.165) is 12.0 Å². The number of halogens is 1. The largest absolute Gasteiger partial charge is 0.493 e. The first-order valence-electron chi connectivity index (χ1n) is 11.0. The van der Waals surface area contributed by atoms with Crippen LogP contribution in [0.3, 0.4) is 0 Å². The van der Waals surface area contributed by atoms with Gasteiger partial charge in [-0.25, -0.2) is 9.37 Å². The van der Waals surface area contributed by atoms with Crippen LogP contribution < -0.4 is 20.1 Å². The van der Waals surface area contributed by atoms with Gasteiger partial charge in [-0.3, -0.25) is 4.79 Å². The summed E-state index contributed by atoms with van der Waals surface area (Å²) in [6, 6.07) is 10.0. The van der Waals surface area contributed by atoms with Crippen LogP contribution in [0.1, 0.15) is 17.9 Å². The summed E-state index contributed by atoms with van der Waals surface area (Å²) in [5.74, 6) is 2.13. The number of benzene rings is 2. The van der Waals surface area contributed by atoms with Crippen LogP contribution in [0.5, 0.6) is 11.5 Å². The van der Waals surface area contributed by atoms with Gasteiger partial charge in [-0.15, -0.1) is 0 Å². The maximum Gasteiger partial charge on any atom is 0.228 e. The smallest absolute Gasteiger partial charge is 0.228 e. The third-order valence-electron chi connectivity index (χ3n) is 6.50. The lowest BCUT2D eigenvalue weighted by Crippen LogP contribution is -2.49. The van der Waals surface area contributed by atoms with Crippen molar-refractivity contribution in [2.24, 2.45) is 5.92 Å². The molecular formula is C24H26FN5O3. The Morgan fingerprint density at radius 2 is 1.70 bits per heavy atom. The van der Waals surface area contributed by atoms with Crippen LogP contribution in [-0.4, -0.2) is 61.2 Å². The maximum absolute atomic E-state index is 13.2. The van der Waals surface area contributed by atoms with E-state index in [1.807, 2.05) is 9.80 Å². The van der Waals surface area contributed by atoms with Gasteiger partial charge in [-0.2, -0.15) is 4.98 Å². The molecule has 0 unspecified atom stereocenters. The van der Waals surface area contributed by atoms with Crippen molar-refractivity contribution in [2.45, 2.75) is 12.3 Å². The Bertz CT molecular complexity index is 1190. The summed E-state index contributed by atoms with van der Waals surface area (Å²) in [5.41, 5.74) is 7.92. The molecule has 2 fully saturated rings. The predicted molar refractivity (Wildman–Crippen MR) is 123 cm³/mol. The third-order valence-corrected chi connectivity index (χ3v) is 6.50. The molecule has 2 aliphatic rings. The number of methoxy groups -OCH3 is 2. The van der Waals surface area contributed by atoms with Crippen LogP contribution in [0.2, 0.25) is 0 Å². The second-order valence-electron chi connectivity index (χ2n) is 8.45. The molecule has 172 valence electrons. The summed E-state index contributed by atoms with van der Waals surface area (Å²) in [6.07, 6.45) is 0.820. The molecule has 1 amide bonds. The number of rotatable bonds is 5. The van der Waals surface area contributed by atoms with Crippen molar-refractivity contribution in [1.29, 1.82) is 0 Å². The molecule has 2 aromatic carbocycles. The molecule has 2 heterocycles. The molecule has 33 heavy (non-hydrogen) atoms. The number of ether oxygens (including phenoxy) is 2. The fraction of sp³-hybridized carbons (Fsp3) is 0.375. The van der Waals surface area contributed by atoms with Crippen LogP contribution in [0.15, 0.2) is 36.4 Å². The first-order valence-corrected chi connectivity index (χ1v) is 11.0. The van der Waals surface area contributed by atoms with Crippen LogP contribution in [0.25, 0.3) is 10.9 Å². The molecule has 5 rings (SSSR count). The highest BCUT2D eigenvalue weighted by Gasteiger charge is 2.46. The maximum atomic E-state index is 13.2. The SMILES string of the molecule is COc1cc2nc(N3CCN(C(=O)[C@@H]4C[C@H]4c4ccc(F)cc4)CC3)nc(N)c2cc1OC. The van der Waals surface area contributed by atoms with Crippen molar-refractivity contribution >= 4 is 28.6 Å². The number of aromatic nitrogens is 2. The number of nitrogen functional groups attached to an aromatic ring is 1. The minimum absolute atomic E-state index is 0.0166. The standard InChI is InChI=1S/C24H26FN5O3/c1-32-20-12-18-19(13-21(20)33-2)27-24(28-22(18)26)30-9-7-29(8-10-30)23(31)17-11-16(17)14-3-5-15(25)6-4-14/h3-6,12-13,16-17H,7-11H2,1-2H3,(H2,26,27,28)/t16-,17+/m0/s1. The molecule has 1 aliphatic heterocycles. The molecular weight excluding hydrogens is 425 g/mol. The molecule has 1 aliphatic carbocycles. The first-order chi connectivity index (χ1) is 16.0. The number of fused-ring (bicyclic) bond motifs is 1. The quantitative estimate of drug-likeness (QED) is 0.638. The zero-order valence-electron chi connectivity index (χ0n) is 18.6. The normalized spacial score (nSPS) is 20.1. The van der Waals surface area contributed by atoms with Gasteiger partial charge in [0.25, 0.3) is 0 Å². The zero-order valence-corrected chi connectivity index (χ0v) is 18.6. The number of hydrogen-bond donors (Lipinski definition) is 1. The molecule has 9 heteroatoms. The molecule has 1 saturated heterocycles. The van der Waals surface area contributed by atoms with E-state index in [-0.39, 0.29) is 23.6 Å². The highest BCUT2D eigenvalue weighted by Crippen LogP contribution is 2.48. The van der Waals surface area contributed by atoms with E-state index in [4.69, 9.17) is 15.2 Å². The van der Waals surface area contributed by atoms with Gasteiger partial charge in [0.1, 0.15) is 11.6 Å². The fourth-order valence-electron chi connectivity index (χ4n) is 4.52. The van der Waals surface area contributed by atoms with Crippen molar-refractivity contribution < 1.29 is 18.7 Å². The minimum atomic E-state index is -0.257. The van der Waals surface area contributed by atoms with E-state index in [1.54, 1.807) is 38.5 Å². The van der Waals surface area contributed by atoms with E-state index >= 15 is 0 Å². The van der Waals surface area contributed by atoms with Gasteiger partial charge in [0.2, 0.25) is 11.9 Å². The lowest BCUT2D eigenvalue weighted by molar-refractivity contribution is -0.133.